The summed E-state index contributed by atoms with van der Waals surface area (Å²) in [4.78, 5) is 6.58. The molecule has 19 heavy (non-hydrogen) atoms. The molecule has 0 aliphatic carbocycles. The molecule has 1 saturated heterocycles. The quantitative estimate of drug-likeness (QED) is 0.903. The number of rotatable bonds is 3. The lowest BCUT2D eigenvalue weighted by molar-refractivity contribution is 0.465. The SMILES string of the molecule is Cc1cc(Br)cnc1N1CCC[C@@H](NS(C)(=O)=O)C1. The van der Waals surface area contributed by atoms with Crippen molar-refractivity contribution >= 4 is 31.8 Å². The molecule has 0 saturated carbocycles. The molecule has 0 amide bonds. The lowest BCUT2D eigenvalue weighted by atomic mass is 10.1. The predicted molar refractivity (Wildman–Crippen MR) is 79.9 cm³/mol. The zero-order chi connectivity index (χ0) is 14.0. The number of hydrogen-bond acceptors (Lipinski definition) is 4. The summed E-state index contributed by atoms with van der Waals surface area (Å²) in [6.45, 7) is 3.60. The maximum Gasteiger partial charge on any atom is 0.209 e. The van der Waals surface area contributed by atoms with Crippen molar-refractivity contribution in [3.63, 3.8) is 0 Å². The summed E-state index contributed by atoms with van der Waals surface area (Å²) in [6, 6.07) is 1.99. The van der Waals surface area contributed by atoms with E-state index in [4.69, 9.17) is 0 Å². The Morgan fingerprint density at radius 2 is 2.26 bits per heavy atom. The Hall–Kier alpha value is -0.660. The number of nitrogens with zero attached hydrogens (tertiary/aromatic N) is 2. The van der Waals surface area contributed by atoms with E-state index in [1.54, 1.807) is 6.20 Å². The van der Waals surface area contributed by atoms with Crippen LogP contribution in [0.4, 0.5) is 5.82 Å². The van der Waals surface area contributed by atoms with E-state index in [-0.39, 0.29) is 6.04 Å². The average Bonchev–Trinajstić information content (AvgIpc) is 2.26. The maximum atomic E-state index is 11.3. The van der Waals surface area contributed by atoms with Crippen molar-refractivity contribution < 1.29 is 8.42 Å². The molecule has 1 atom stereocenters. The van der Waals surface area contributed by atoms with Crippen molar-refractivity contribution in [1.82, 2.24) is 9.71 Å². The Balaban J connectivity index is 2.12. The highest BCUT2D eigenvalue weighted by Gasteiger charge is 2.24. The van der Waals surface area contributed by atoms with Crippen molar-refractivity contribution in [3.8, 4) is 0 Å². The lowest BCUT2D eigenvalue weighted by Crippen LogP contribution is -2.47. The van der Waals surface area contributed by atoms with Gasteiger partial charge in [0, 0.05) is 29.8 Å². The largest absolute Gasteiger partial charge is 0.355 e. The molecule has 0 aromatic carbocycles. The summed E-state index contributed by atoms with van der Waals surface area (Å²) in [5.41, 5.74) is 1.09. The number of pyridine rings is 1. The van der Waals surface area contributed by atoms with E-state index in [1.165, 1.54) is 6.26 Å². The first-order chi connectivity index (χ1) is 8.85. The fourth-order valence-electron chi connectivity index (χ4n) is 2.43. The van der Waals surface area contributed by atoms with E-state index in [1.807, 2.05) is 13.0 Å². The molecule has 1 fully saturated rings. The number of sulfonamides is 1. The van der Waals surface area contributed by atoms with Gasteiger partial charge in [0.05, 0.1) is 6.26 Å². The number of nitrogens with one attached hydrogen (secondary N) is 1. The number of aromatic nitrogens is 1. The van der Waals surface area contributed by atoms with Gasteiger partial charge in [0.2, 0.25) is 10.0 Å². The molecule has 2 rings (SSSR count). The number of anilines is 1. The summed E-state index contributed by atoms with van der Waals surface area (Å²) >= 11 is 3.40. The van der Waals surface area contributed by atoms with Crippen molar-refractivity contribution in [2.75, 3.05) is 24.2 Å². The van der Waals surface area contributed by atoms with Gasteiger partial charge in [-0.2, -0.15) is 0 Å². The first kappa shape index (κ1) is 14.7. The van der Waals surface area contributed by atoms with E-state index in [2.05, 4.69) is 30.5 Å². The molecule has 0 spiro atoms. The van der Waals surface area contributed by atoms with Gasteiger partial charge in [0.1, 0.15) is 5.82 Å². The van der Waals surface area contributed by atoms with Crippen LogP contribution < -0.4 is 9.62 Å². The van der Waals surface area contributed by atoms with Gasteiger partial charge in [-0.1, -0.05) is 0 Å². The molecule has 2 heterocycles. The van der Waals surface area contributed by atoms with Crippen LogP contribution >= 0.6 is 15.9 Å². The smallest absolute Gasteiger partial charge is 0.209 e. The van der Waals surface area contributed by atoms with E-state index in [0.717, 1.165) is 35.2 Å². The summed E-state index contributed by atoms with van der Waals surface area (Å²) in [6.07, 6.45) is 4.81. The van der Waals surface area contributed by atoms with Crippen molar-refractivity contribution in [3.05, 3.63) is 22.3 Å². The molecule has 1 aromatic heterocycles. The molecular weight excluding hydrogens is 330 g/mol. The maximum absolute atomic E-state index is 11.3. The van der Waals surface area contributed by atoms with Crippen LogP contribution in [0.15, 0.2) is 16.7 Å². The zero-order valence-electron chi connectivity index (χ0n) is 11.1. The third kappa shape index (κ3) is 4.15. The van der Waals surface area contributed by atoms with Crippen molar-refractivity contribution in [2.24, 2.45) is 0 Å². The second-order valence-electron chi connectivity index (χ2n) is 4.97. The summed E-state index contributed by atoms with van der Waals surface area (Å²) in [7, 11) is -3.15. The molecule has 1 N–H and O–H groups in total. The second kappa shape index (κ2) is 5.76. The Kier molecular flexibility index (Phi) is 4.47. The van der Waals surface area contributed by atoms with Crippen LogP contribution in [0.1, 0.15) is 18.4 Å². The molecular formula is C12H18BrN3O2S. The van der Waals surface area contributed by atoms with Crippen LogP contribution in [-0.4, -0.2) is 38.8 Å². The van der Waals surface area contributed by atoms with E-state index < -0.39 is 10.0 Å². The number of hydrogen-bond donors (Lipinski definition) is 1. The highest BCUT2D eigenvalue weighted by molar-refractivity contribution is 9.10. The minimum atomic E-state index is -3.15. The third-order valence-corrected chi connectivity index (χ3v) is 4.31. The molecule has 1 aliphatic rings. The molecule has 106 valence electrons. The first-order valence-corrected chi connectivity index (χ1v) is 8.88. The summed E-state index contributed by atoms with van der Waals surface area (Å²) in [5.74, 6) is 0.934. The van der Waals surface area contributed by atoms with Crippen LogP contribution in [0.25, 0.3) is 0 Å². The Morgan fingerprint density at radius 3 is 2.89 bits per heavy atom. The topological polar surface area (TPSA) is 62.3 Å². The molecule has 7 heteroatoms. The standard InChI is InChI=1S/C12H18BrN3O2S/c1-9-6-10(13)7-14-12(9)16-5-3-4-11(8-16)15-19(2,17)18/h6-7,11,15H,3-5,8H2,1-2H3/t11-/m1/s1. The zero-order valence-corrected chi connectivity index (χ0v) is 13.5. The van der Waals surface area contributed by atoms with Crippen molar-refractivity contribution in [1.29, 1.82) is 0 Å². The van der Waals surface area contributed by atoms with Gasteiger partial charge in [0.15, 0.2) is 0 Å². The molecule has 1 aliphatic heterocycles. The van der Waals surface area contributed by atoms with E-state index in [0.29, 0.717) is 6.54 Å². The minimum absolute atomic E-state index is 0.0337. The number of halogens is 1. The fourth-order valence-corrected chi connectivity index (χ4v) is 3.68. The van der Waals surface area contributed by atoms with Crippen LogP contribution in [0.2, 0.25) is 0 Å². The van der Waals surface area contributed by atoms with Gasteiger partial charge >= 0.3 is 0 Å². The van der Waals surface area contributed by atoms with Gasteiger partial charge in [-0.25, -0.2) is 18.1 Å². The van der Waals surface area contributed by atoms with Gasteiger partial charge in [0.25, 0.3) is 0 Å². The Labute approximate surface area is 122 Å². The van der Waals surface area contributed by atoms with Crippen LogP contribution in [-0.2, 0) is 10.0 Å². The van der Waals surface area contributed by atoms with E-state index in [9.17, 15) is 8.42 Å². The molecule has 0 radical (unpaired) electrons. The monoisotopic (exact) mass is 347 g/mol. The highest BCUT2D eigenvalue weighted by Crippen LogP contribution is 2.24. The Bertz CT molecular complexity index is 562. The molecule has 1 aromatic rings. The fraction of sp³-hybridized carbons (Fsp3) is 0.583. The van der Waals surface area contributed by atoms with Crippen molar-refractivity contribution in [2.45, 2.75) is 25.8 Å². The van der Waals surface area contributed by atoms with E-state index >= 15 is 0 Å². The molecule has 0 unspecified atom stereocenters. The summed E-state index contributed by atoms with van der Waals surface area (Å²) in [5, 5.41) is 0. The summed E-state index contributed by atoms with van der Waals surface area (Å²) < 4.78 is 26.2. The van der Waals surface area contributed by atoms with Gasteiger partial charge in [-0.05, 0) is 47.3 Å². The number of piperidine rings is 1. The third-order valence-electron chi connectivity index (χ3n) is 3.12. The normalized spacial score (nSPS) is 20.6. The van der Waals surface area contributed by atoms with Crippen LogP contribution in [0.3, 0.4) is 0 Å². The predicted octanol–water partition coefficient (Wildman–Crippen LogP) is 1.67. The van der Waals surface area contributed by atoms with Gasteiger partial charge < -0.3 is 4.90 Å². The second-order valence-corrected chi connectivity index (χ2v) is 7.66. The average molecular weight is 348 g/mol. The highest BCUT2D eigenvalue weighted by atomic mass is 79.9. The minimum Gasteiger partial charge on any atom is -0.355 e. The number of aryl methyl sites for hydroxylation is 1. The van der Waals surface area contributed by atoms with Crippen LogP contribution in [0, 0.1) is 6.92 Å². The molecule has 0 bridgehead atoms. The van der Waals surface area contributed by atoms with Gasteiger partial charge in [-0.15, -0.1) is 0 Å². The van der Waals surface area contributed by atoms with Crippen LogP contribution in [0.5, 0.6) is 0 Å². The van der Waals surface area contributed by atoms with Gasteiger partial charge in [-0.3, -0.25) is 0 Å². The molecule has 5 nitrogen and oxygen atoms in total. The Morgan fingerprint density at radius 1 is 1.53 bits per heavy atom. The first-order valence-electron chi connectivity index (χ1n) is 6.19. The lowest BCUT2D eigenvalue weighted by Gasteiger charge is -2.34.